The largest absolute Gasteiger partial charge is 0.355 e. The zero-order chi connectivity index (χ0) is 14.8. The van der Waals surface area contributed by atoms with Crippen molar-refractivity contribution in [3.8, 4) is 22.5 Å². The Hall–Kier alpha value is -2.95. The van der Waals surface area contributed by atoms with Gasteiger partial charge in [0, 0.05) is 17.7 Å². The molecule has 0 aliphatic heterocycles. The predicted molar refractivity (Wildman–Crippen MR) is 78.8 cm³/mol. The first kappa shape index (κ1) is 13.1. The number of hydrogen-bond donors (Lipinski definition) is 0. The number of hydrogen-bond acceptors (Lipinski definition) is 4. The van der Waals surface area contributed by atoms with E-state index in [0.29, 0.717) is 11.5 Å². The molecule has 3 rings (SSSR count). The standard InChI is InChI=1S/C16H12N2O3/c1-11-15(13-8-5-9-14(10-13)18(19)20)16(21-17-11)12-6-3-2-4-7-12/h2-10H,1H3. The van der Waals surface area contributed by atoms with Crippen LogP contribution in [0.15, 0.2) is 59.1 Å². The van der Waals surface area contributed by atoms with Gasteiger partial charge in [-0.2, -0.15) is 0 Å². The summed E-state index contributed by atoms with van der Waals surface area (Å²) < 4.78 is 5.42. The Balaban J connectivity index is 2.17. The molecule has 104 valence electrons. The van der Waals surface area contributed by atoms with Crippen LogP contribution in [0.2, 0.25) is 0 Å². The van der Waals surface area contributed by atoms with Crippen LogP contribution in [0, 0.1) is 17.0 Å². The molecule has 0 fully saturated rings. The first-order valence-electron chi connectivity index (χ1n) is 6.43. The van der Waals surface area contributed by atoms with Gasteiger partial charge in [0.05, 0.1) is 16.2 Å². The first-order chi connectivity index (χ1) is 10.2. The highest BCUT2D eigenvalue weighted by Gasteiger charge is 2.18. The molecular weight excluding hydrogens is 268 g/mol. The Bertz CT molecular complexity index is 794. The quantitative estimate of drug-likeness (QED) is 0.532. The molecule has 0 saturated carbocycles. The third-order valence-electron chi connectivity index (χ3n) is 3.24. The molecule has 3 aromatic rings. The number of aromatic nitrogens is 1. The Morgan fingerprint density at radius 3 is 2.48 bits per heavy atom. The molecule has 5 nitrogen and oxygen atoms in total. The molecule has 0 saturated heterocycles. The van der Waals surface area contributed by atoms with Crippen LogP contribution < -0.4 is 0 Å². The molecule has 0 aliphatic carbocycles. The van der Waals surface area contributed by atoms with E-state index in [1.807, 2.05) is 43.3 Å². The highest BCUT2D eigenvalue weighted by molar-refractivity contribution is 5.81. The second-order valence-corrected chi connectivity index (χ2v) is 4.65. The summed E-state index contributed by atoms with van der Waals surface area (Å²) in [6.07, 6.45) is 0. The molecule has 2 aromatic carbocycles. The van der Waals surface area contributed by atoms with E-state index in [1.54, 1.807) is 6.07 Å². The van der Waals surface area contributed by atoms with E-state index in [0.717, 1.165) is 16.7 Å². The van der Waals surface area contributed by atoms with E-state index in [1.165, 1.54) is 12.1 Å². The van der Waals surface area contributed by atoms with Gasteiger partial charge in [0.15, 0.2) is 5.76 Å². The highest BCUT2D eigenvalue weighted by Crippen LogP contribution is 2.35. The third kappa shape index (κ3) is 2.41. The Morgan fingerprint density at radius 2 is 1.76 bits per heavy atom. The summed E-state index contributed by atoms with van der Waals surface area (Å²) in [6, 6.07) is 16.0. The Morgan fingerprint density at radius 1 is 1.05 bits per heavy atom. The van der Waals surface area contributed by atoms with Crippen molar-refractivity contribution < 1.29 is 9.45 Å². The minimum absolute atomic E-state index is 0.0483. The fourth-order valence-corrected chi connectivity index (χ4v) is 2.27. The minimum Gasteiger partial charge on any atom is -0.355 e. The van der Waals surface area contributed by atoms with Crippen LogP contribution >= 0.6 is 0 Å². The van der Waals surface area contributed by atoms with Crippen LogP contribution in [0.3, 0.4) is 0 Å². The number of nitro benzene ring substituents is 1. The summed E-state index contributed by atoms with van der Waals surface area (Å²) in [4.78, 5) is 10.5. The van der Waals surface area contributed by atoms with E-state index in [4.69, 9.17) is 4.52 Å². The topological polar surface area (TPSA) is 69.2 Å². The van der Waals surface area contributed by atoms with Gasteiger partial charge in [-0.05, 0) is 12.5 Å². The van der Waals surface area contributed by atoms with E-state index in [9.17, 15) is 10.1 Å². The van der Waals surface area contributed by atoms with Crippen molar-refractivity contribution in [3.63, 3.8) is 0 Å². The Labute approximate surface area is 121 Å². The predicted octanol–water partition coefficient (Wildman–Crippen LogP) is 4.23. The summed E-state index contributed by atoms with van der Waals surface area (Å²) in [5, 5.41) is 14.9. The Kier molecular flexibility index (Phi) is 3.23. The summed E-state index contributed by atoms with van der Waals surface area (Å²) >= 11 is 0. The van der Waals surface area contributed by atoms with Gasteiger partial charge in [-0.15, -0.1) is 0 Å². The van der Waals surface area contributed by atoms with Crippen LogP contribution in [0.4, 0.5) is 5.69 Å². The van der Waals surface area contributed by atoms with Crippen molar-refractivity contribution in [2.75, 3.05) is 0 Å². The maximum Gasteiger partial charge on any atom is 0.270 e. The maximum atomic E-state index is 10.9. The molecule has 0 N–H and O–H groups in total. The van der Waals surface area contributed by atoms with Crippen molar-refractivity contribution >= 4 is 5.69 Å². The number of non-ortho nitro benzene ring substituents is 1. The minimum atomic E-state index is -0.408. The van der Waals surface area contributed by atoms with Gasteiger partial charge in [-0.25, -0.2) is 0 Å². The number of nitrogens with zero attached hydrogens (tertiary/aromatic N) is 2. The fourth-order valence-electron chi connectivity index (χ4n) is 2.27. The van der Waals surface area contributed by atoms with Crippen LogP contribution in [-0.4, -0.2) is 10.1 Å². The van der Waals surface area contributed by atoms with Crippen molar-refractivity contribution in [1.82, 2.24) is 5.16 Å². The van der Waals surface area contributed by atoms with Crippen LogP contribution in [0.1, 0.15) is 5.69 Å². The molecule has 0 radical (unpaired) electrons. The number of rotatable bonds is 3. The maximum absolute atomic E-state index is 10.9. The lowest BCUT2D eigenvalue weighted by Crippen LogP contribution is -1.89. The van der Waals surface area contributed by atoms with E-state index < -0.39 is 4.92 Å². The molecule has 0 unspecified atom stereocenters. The summed E-state index contributed by atoms with van der Waals surface area (Å²) in [6.45, 7) is 1.82. The van der Waals surface area contributed by atoms with Crippen molar-refractivity contribution in [2.24, 2.45) is 0 Å². The molecule has 0 spiro atoms. The molecule has 5 heteroatoms. The number of benzene rings is 2. The van der Waals surface area contributed by atoms with Gasteiger partial charge < -0.3 is 4.52 Å². The second-order valence-electron chi connectivity index (χ2n) is 4.65. The van der Waals surface area contributed by atoms with E-state index in [2.05, 4.69) is 5.16 Å². The lowest BCUT2D eigenvalue weighted by atomic mass is 9.99. The summed E-state index contributed by atoms with van der Waals surface area (Å²) in [5.74, 6) is 0.619. The molecule has 0 amide bonds. The van der Waals surface area contributed by atoms with E-state index >= 15 is 0 Å². The van der Waals surface area contributed by atoms with Gasteiger partial charge in [0.25, 0.3) is 5.69 Å². The van der Waals surface area contributed by atoms with Crippen molar-refractivity contribution in [2.45, 2.75) is 6.92 Å². The molecule has 0 aliphatic rings. The molecule has 21 heavy (non-hydrogen) atoms. The monoisotopic (exact) mass is 280 g/mol. The van der Waals surface area contributed by atoms with Crippen molar-refractivity contribution in [1.29, 1.82) is 0 Å². The summed E-state index contributed by atoms with van der Waals surface area (Å²) in [7, 11) is 0. The highest BCUT2D eigenvalue weighted by atomic mass is 16.6. The van der Waals surface area contributed by atoms with E-state index in [-0.39, 0.29) is 5.69 Å². The lowest BCUT2D eigenvalue weighted by Gasteiger charge is -2.03. The zero-order valence-electron chi connectivity index (χ0n) is 11.3. The fraction of sp³-hybridized carbons (Fsp3) is 0.0625. The van der Waals surface area contributed by atoms with Crippen LogP contribution in [0.25, 0.3) is 22.5 Å². The average molecular weight is 280 g/mol. The lowest BCUT2D eigenvalue weighted by molar-refractivity contribution is -0.384. The SMILES string of the molecule is Cc1noc(-c2ccccc2)c1-c1cccc([N+](=O)[O-])c1. The average Bonchev–Trinajstić information content (AvgIpc) is 2.90. The van der Waals surface area contributed by atoms with Crippen molar-refractivity contribution in [3.05, 3.63) is 70.4 Å². The van der Waals surface area contributed by atoms with Gasteiger partial charge >= 0.3 is 0 Å². The smallest absolute Gasteiger partial charge is 0.270 e. The molecule has 0 atom stereocenters. The van der Waals surface area contributed by atoms with Gasteiger partial charge in [0.2, 0.25) is 0 Å². The first-order valence-corrected chi connectivity index (χ1v) is 6.43. The molecule has 0 bridgehead atoms. The van der Waals surface area contributed by atoms with Crippen LogP contribution in [-0.2, 0) is 0 Å². The van der Waals surface area contributed by atoms with Crippen LogP contribution in [0.5, 0.6) is 0 Å². The normalized spacial score (nSPS) is 10.5. The van der Waals surface area contributed by atoms with Gasteiger partial charge in [0.1, 0.15) is 0 Å². The zero-order valence-corrected chi connectivity index (χ0v) is 11.3. The number of nitro groups is 1. The van der Waals surface area contributed by atoms with Gasteiger partial charge in [-0.1, -0.05) is 47.6 Å². The number of aryl methyl sites for hydroxylation is 1. The summed E-state index contributed by atoms with van der Waals surface area (Å²) in [5.41, 5.74) is 3.15. The third-order valence-corrected chi connectivity index (χ3v) is 3.24. The molecule has 1 aromatic heterocycles. The molecule has 1 heterocycles. The molecular formula is C16H12N2O3. The second kappa shape index (κ2) is 5.20. The van der Waals surface area contributed by atoms with Gasteiger partial charge in [-0.3, -0.25) is 10.1 Å².